The normalized spacial score (nSPS) is 20.6. The molecule has 2 aliphatic rings. The quantitative estimate of drug-likeness (QED) is 0.790. The molecule has 2 atom stereocenters. The molecule has 4 nitrogen and oxygen atoms in total. The van der Waals surface area contributed by atoms with Crippen LogP contribution >= 0.6 is 0 Å². The summed E-state index contributed by atoms with van der Waals surface area (Å²) in [6, 6.07) is 12.3. The van der Waals surface area contributed by atoms with Gasteiger partial charge < -0.3 is 14.8 Å². The summed E-state index contributed by atoms with van der Waals surface area (Å²) in [6.45, 7) is 7.98. The molecule has 1 aliphatic carbocycles. The molecular formula is C25H31NO3. The van der Waals surface area contributed by atoms with Gasteiger partial charge in [0, 0.05) is 12.0 Å². The van der Waals surface area contributed by atoms with Crippen molar-refractivity contribution >= 4 is 5.91 Å². The Kier molecular flexibility index (Phi) is 5.28. The fourth-order valence-electron chi connectivity index (χ4n) is 4.42. The van der Waals surface area contributed by atoms with Crippen molar-refractivity contribution in [2.24, 2.45) is 0 Å². The van der Waals surface area contributed by atoms with Gasteiger partial charge in [0.25, 0.3) is 5.91 Å². The van der Waals surface area contributed by atoms with E-state index in [0.717, 1.165) is 41.9 Å². The summed E-state index contributed by atoms with van der Waals surface area (Å²) in [5.74, 6) is 1.53. The smallest absolute Gasteiger partial charge is 0.261 e. The molecule has 0 radical (unpaired) electrons. The van der Waals surface area contributed by atoms with Gasteiger partial charge in [-0.25, -0.2) is 0 Å². The maximum Gasteiger partial charge on any atom is 0.261 e. The van der Waals surface area contributed by atoms with Crippen molar-refractivity contribution < 1.29 is 14.3 Å². The molecule has 0 unspecified atom stereocenters. The molecule has 2 aromatic carbocycles. The van der Waals surface area contributed by atoms with Gasteiger partial charge in [0.05, 0.1) is 6.04 Å². The van der Waals surface area contributed by atoms with E-state index in [-0.39, 0.29) is 17.6 Å². The first-order chi connectivity index (χ1) is 13.8. The standard InChI is InChI=1S/C25H31NO3/c1-16-9-12-21-22(15-25(3,4)29-23(21)13-16)26-24(27)17(2)28-20-11-10-18-7-5-6-8-19(18)14-20/h9-14,17,22H,5-8,15H2,1-4H3,(H,26,27)/t17-,22-/m0/s1. The van der Waals surface area contributed by atoms with Crippen LogP contribution in [0.1, 0.15) is 68.3 Å². The predicted molar refractivity (Wildman–Crippen MR) is 115 cm³/mol. The fourth-order valence-corrected chi connectivity index (χ4v) is 4.42. The Hall–Kier alpha value is -2.49. The third kappa shape index (κ3) is 4.42. The number of fused-ring (bicyclic) bond motifs is 2. The zero-order valence-corrected chi connectivity index (χ0v) is 17.9. The summed E-state index contributed by atoms with van der Waals surface area (Å²) in [6.07, 6.45) is 4.89. The Labute approximate surface area is 173 Å². The molecule has 1 heterocycles. The molecule has 2 aromatic rings. The number of nitrogens with one attached hydrogen (secondary N) is 1. The van der Waals surface area contributed by atoms with Crippen LogP contribution in [0, 0.1) is 6.92 Å². The Bertz CT molecular complexity index is 918. The minimum Gasteiger partial charge on any atom is -0.487 e. The van der Waals surface area contributed by atoms with Crippen LogP contribution in [0.25, 0.3) is 0 Å². The summed E-state index contributed by atoms with van der Waals surface area (Å²) < 4.78 is 12.1. The molecule has 1 amide bonds. The van der Waals surface area contributed by atoms with E-state index in [2.05, 4.69) is 43.4 Å². The van der Waals surface area contributed by atoms with E-state index in [1.165, 1.54) is 24.0 Å². The minimum absolute atomic E-state index is 0.0866. The molecule has 0 bridgehead atoms. The molecule has 29 heavy (non-hydrogen) atoms. The molecule has 0 fully saturated rings. The lowest BCUT2D eigenvalue weighted by Gasteiger charge is -2.38. The lowest BCUT2D eigenvalue weighted by Crippen LogP contribution is -2.44. The molecule has 4 heteroatoms. The molecular weight excluding hydrogens is 362 g/mol. The van der Waals surface area contributed by atoms with E-state index in [1.54, 1.807) is 0 Å². The molecule has 4 rings (SSSR count). The van der Waals surface area contributed by atoms with E-state index in [9.17, 15) is 4.79 Å². The summed E-state index contributed by atoms with van der Waals surface area (Å²) >= 11 is 0. The number of ether oxygens (including phenoxy) is 2. The molecule has 0 saturated carbocycles. The highest BCUT2D eigenvalue weighted by atomic mass is 16.5. The second kappa shape index (κ2) is 7.74. The first-order valence-corrected chi connectivity index (χ1v) is 10.7. The SMILES string of the molecule is Cc1ccc2c(c1)OC(C)(C)C[C@@H]2NC(=O)[C@H](C)Oc1ccc2c(c1)CCCC2. The zero-order chi connectivity index (χ0) is 20.6. The maximum atomic E-state index is 12.9. The highest BCUT2D eigenvalue weighted by Gasteiger charge is 2.35. The first kappa shape index (κ1) is 19.8. The molecule has 0 aromatic heterocycles. The van der Waals surface area contributed by atoms with E-state index in [1.807, 2.05) is 26.0 Å². The number of carbonyl (C=O) groups excluding carboxylic acids is 1. The van der Waals surface area contributed by atoms with Gasteiger partial charge in [0.2, 0.25) is 0 Å². The Morgan fingerprint density at radius 3 is 2.69 bits per heavy atom. The van der Waals surface area contributed by atoms with E-state index in [0.29, 0.717) is 0 Å². The van der Waals surface area contributed by atoms with Crippen molar-refractivity contribution in [1.29, 1.82) is 0 Å². The number of aryl methyl sites for hydroxylation is 3. The minimum atomic E-state index is -0.559. The van der Waals surface area contributed by atoms with Crippen LogP contribution in [-0.4, -0.2) is 17.6 Å². The molecule has 0 spiro atoms. The number of rotatable bonds is 4. The number of amides is 1. The van der Waals surface area contributed by atoms with Crippen LogP contribution in [-0.2, 0) is 17.6 Å². The highest BCUT2D eigenvalue weighted by molar-refractivity contribution is 5.81. The summed E-state index contributed by atoms with van der Waals surface area (Å²) in [5.41, 5.74) is 4.62. The Morgan fingerprint density at radius 1 is 1.14 bits per heavy atom. The van der Waals surface area contributed by atoms with Gasteiger partial charge in [-0.05, 0) is 88.3 Å². The van der Waals surface area contributed by atoms with Crippen molar-refractivity contribution in [1.82, 2.24) is 5.32 Å². The van der Waals surface area contributed by atoms with Crippen LogP contribution < -0.4 is 14.8 Å². The summed E-state index contributed by atoms with van der Waals surface area (Å²) in [7, 11) is 0. The van der Waals surface area contributed by atoms with Crippen molar-refractivity contribution in [3.05, 3.63) is 58.7 Å². The Morgan fingerprint density at radius 2 is 1.90 bits per heavy atom. The van der Waals surface area contributed by atoms with Gasteiger partial charge >= 0.3 is 0 Å². The van der Waals surface area contributed by atoms with Crippen molar-refractivity contribution in [2.45, 2.75) is 77.5 Å². The van der Waals surface area contributed by atoms with Gasteiger partial charge in [-0.3, -0.25) is 4.79 Å². The largest absolute Gasteiger partial charge is 0.487 e. The van der Waals surface area contributed by atoms with Crippen LogP contribution in [0.2, 0.25) is 0 Å². The first-order valence-electron chi connectivity index (χ1n) is 10.7. The average molecular weight is 394 g/mol. The van der Waals surface area contributed by atoms with Gasteiger partial charge in [-0.2, -0.15) is 0 Å². The van der Waals surface area contributed by atoms with Crippen molar-refractivity contribution in [3.63, 3.8) is 0 Å². The molecule has 1 aliphatic heterocycles. The van der Waals surface area contributed by atoms with Crippen LogP contribution in [0.4, 0.5) is 0 Å². The highest BCUT2D eigenvalue weighted by Crippen LogP contribution is 2.40. The fraction of sp³-hybridized carbons (Fsp3) is 0.480. The third-order valence-corrected chi connectivity index (χ3v) is 5.94. The average Bonchev–Trinajstić information content (AvgIpc) is 2.66. The number of hydrogen-bond donors (Lipinski definition) is 1. The lowest BCUT2D eigenvalue weighted by molar-refractivity contribution is -0.128. The van der Waals surface area contributed by atoms with E-state index < -0.39 is 6.10 Å². The van der Waals surface area contributed by atoms with Gasteiger partial charge in [0.1, 0.15) is 17.1 Å². The summed E-state index contributed by atoms with van der Waals surface area (Å²) in [4.78, 5) is 12.9. The second-order valence-corrected chi connectivity index (χ2v) is 9.07. The third-order valence-electron chi connectivity index (χ3n) is 5.94. The van der Waals surface area contributed by atoms with Gasteiger partial charge in [-0.15, -0.1) is 0 Å². The van der Waals surface area contributed by atoms with Gasteiger partial charge in [-0.1, -0.05) is 18.2 Å². The second-order valence-electron chi connectivity index (χ2n) is 9.07. The van der Waals surface area contributed by atoms with E-state index >= 15 is 0 Å². The van der Waals surface area contributed by atoms with Gasteiger partial charge in [0.15, 0.2) is 6.10 Å². The summed E-state index contributed by atoms with van der Waals surface area (Å²) in [5, 5.41) is 3.19. The molecule has 0 saturated heterocycles. The number of carbonyl (C=O) groups is 1. The topological polar surface area (TPSA) is 47.6 Å². The van der Waals surface area contributed by atoms with E-state index in [4.69, 9.17) is 9.47 Å². The van der Waals surface area contributed by atoms with Crippen LogP contribution in [0.15, 0.2) is 36.4 Å². The van der Waals surface area contributed by atoms with Crippen molar-refractivity contribution in [2.75, 3.05) is 0 Å². The zero-order valence-electron chi connectivity index (χ0n) is 17.9. The van der Waals surface area contributed by atoms with Crippen LogP contribution in [0.3, 0.4) is 0 Å². The number of hydrogen-bond acceptors (Lipinski definition) is 3. The maximum absolute atomic E-state index is 12.9. The molecule has 1 N–H and O–H groups in total. The molecule has 154 valence electrons. The van der Waals surface area contributed by atoms with Crippen molar-refractivity contribution in [3.8, 4) is 11.5 Å². The lowest BCUT2D eigenvalue weighted by atomic mass is 9.89. The van der Waals surface area contributed by atoms with Crippen LogP contribution in [0.5, 0.6) is 11.5 Å². The monoisotopic (exact) mass is 393 g/mol. The number of benzene rings is 2. The Balaban J connectivity index is 1.46. The predicted octanol–water partition coefficient (Wildman–Crippen LogP) is 5.06.